The molecule has 2 fully saturated rings. The van der Waals surface area contributed by atoms with Crippen LogP contribution in [0.3, 0.4) is 0 Å². The second-order valence-electron chi connectivity index (χ2n) is 3.10. The van der Waals surface area contributed by atoms with Crippen molar-refractivity contribution in [2.45, 2.75) is 18.8 Å². The third-order valence-electron chi connectivity index (χ3n) is 1.90. The molecule has 0 aromatic carbocycles. The van der Waals surface area contributed by atoms with E-state index in [9.17, 15) is 0 Å². The van der Waals surface area contributed by atoms with Gasteiger partial charge in [-0.05, 0) is 6.92 Å². The first kappa shape index (κ1) is 8.44. The third kappa shape index (κ3) is 2.17. The van der Waals surface area contributed by atoms with Gasteiger partial charge in [-0.3, -0.25) is 0 Å². The smallest absolute Gasteiger partial charge is 0.216 e. The number of ether oxygens (including phenoxy) is 4. The van der Waals surface area contributed by atoms with Crippen molar-refractivity contribution >= 4 is 0 Å². The molecule has 12 heavy (non-hydrogen) atoms. The maximum Gasteiger partial charge on any atom is 0.216 e. The van der Waals surface area contributed by atoms with Crippen molar-refractivity contribution in [3.63, 3.8) is 0 Å². The van der Waals surface area contributed by atoms with E-state index in [0.717, 1.165) is 6.61 Å². The van der Waals surface area contributed by atoms with E-state index in [1.807, 2.05) is 6.92 Å². The predicted molar refractivity (Wildman–Crippen MR) is 40.9 cm³/mol. The Balaban J connectivity index is 1.58. The Hall–Kier alpha value is -0.160. The normalized spacial score (nSPS) is 38.2. The van der Waals surface area contributed by atoms with Crippen LogP contribution in [-0.4, -0.2) is 44.9 Å². The molecule has 0 aromatic heterocycles. The molecule has 0 N–H and O–H groups in total. The lowest BCUT2D eigenvalue weighted by Crippen LogP contribution is -2.24. The molecule has 0 amide bonds. The summed E-state index contributed by atoms with van der Waals surface area (Å²) in [6, 6.07) is 0. The van der Waals surface area contributed by atoms with Crippen molar-refractivity contribution in [1.82, 2.24) is 0 Å². The van der Waals surface area contributed by atoms with Gasteiger partial charge in [0.2, 0.25) is 5.79 Å². The Morgan fingerprint density at radius 2 is 2.33 bits per heavy atom. The van der Waals surface area contributed by atoms with Crippen molar-refractivity contribution < 1.29 is 18.9 Å². The first-order chi connectivity index (χ1) is 5.85. The molecule has 0 saturated carbocycles. The van der Waals surface area contributed by atoms with E-state index in [1.54, 1.807) is 0 Å². The van der Waals surface area contributed by atoms with Gasteiger partial charge < -0.3 is 18.9 Å². The van der Waals surface area contributed by atoms with Crippen molar-refractivity contribution in [2.75, 3.05) is 33.0 Å². The van der Waals surface area contributed by atoms with Crippen LogP contribution in [-0.2, 0) is 18.9 Å². The van der Waals surface area contributed by atoms with E-state index in [1.165, 1.54) is 0 Å². The van der Waals surface area contributed by atoms with E-state index in [4.69, 9.17) is 18.9 Å². The predicted octanol–water partition coefficient (Wildman–Crippen LogP) is 0.165. The van der Waals surface area contributed by atoms with Crippen molar-refractivity contribution in [3.05, 3.63) is 0 Å². The molecule has 4 nitrogen and oxygen atoms in total. The zero-order chi connectivity index (χ0) is 8.44. The first-order valence-corrected chi connectivity index (χ1v) is 4.32. The largest absolute Gasteiger partial charge is 0.373 e. The van der Waals surface area contributed by atoms with Gasteiger partial charge in [0.05, 0.1) is 13.2 Å². The summed E-state index contributed by atoms with van der Waals surface area (Å²) in [5.41, 5.74) is 0. The Bertz CT molecular complexity index is 151. The van der Waals surface area contributed by atoms with Gasteiger partial charge in [-0.2, -0.15) is 0 Å². The summed E-state index contributed by atoms with van der Waals surface area (Å²) in [6.07, 6.45) is 0.322. The topological polar surface area (TPSA) is 43.5 Å². The summed E-state index contributed by atoms with van der Waals surface area (Å²) in [5, 5.41) is 0. The Labute approximate surface area is 71.7 Å². The Kier molecular flexibility index (Phi) is 2.32. The van der Waals surface area contributed by atoms with E-state index >= 15 is 0 Å². The van der Waals surface area contributed by atoms with Crippen LogP contribution in [0.15, 0.2) is 0 Å². The van der Waals surface area contributed by atoms with Gasteiger partial charge in [0, 0.05) is 6.61 Å². The van der Waals surface area contributed by atoms with E-state index < -0.39 is 5.79 Å². The fraction of sp³-hybridized carbons (Fsp3) is 1.00. The van der Waals surface area contributed by atoms with Crippen molar-refractivity contribution in [3.8, 4) is 0 Å². The monoisotopic (exact) mass is 174 g/mol. The van der Waals surface area contributed by atoms with Crippen molar-refractivity contribution in [1.29, 1.82) is 0 Å². The average molecular weight is 174 g/mol. The zero-order valence-electron chi connectivity index (χ0n) is 7.25. The first-order valence-electron chi connectivity index (χ1n) is 4.32. The van der Waals surface area contributed by atoms with Crippen LogP contribution in [0, 0.1) is 0 Å². The summed E-state index contributed by atoms with van der Waals surface area (Å²) < 4.78 is 20.9. The lowest BCUT2D eigenvalue weighted by Gasteiger charge is -2.11. The Morgan fingerprint density at radius 1 is 1.58 bits per heavy atom. The molecular formula is C8H14O4. The molecule has 2 saturated heterocycles. The molecule has 2 aliphatic rings. The van der Waals surface area contributed by atoms with Crippen LogP contribution in [0.25, 0.3) is 0 Å². The summed E-state index contributed by atoms with van der Waals surface area (Å²) in [5.74, 6) is -0.413. The zero-order valence-corrected chi connectivity index (χ0v) is 7.25. The maximum absolute atomic E-state index is 5.36. The summed E-state index contributed by atoms with van der Waals surface area (Å²) in [4.78, 5) is 0. The van der Waals surface area contributed by atoms with Crippen LogP contribution in [0.2, 0.25) is 0 Å². The van der Waals surface area contributed by atoms with Crippen LogP contribution < -0.4 is 0 Å². The quantitative estimate of drug-likeness (QED) is 0.538. The molecule has 2 rings (SSSR count). The minimum Gasteiger partial charge on any atom is -0.373 e. The maximum atomic E-state index is 5.36. The molecule has 2 heterocycles. The average Bonchev–Trinajstić information content (AvgIpc) is 2.87. The molecule has 70 valence electrons. The molecule has 2 unspecified atom stereocenters. The van der Waals surface area contributed by atoms with Crippen LogP contribution in [0.1, 0.15) is 6.92 Å². The number of hydrogen-bond donors (Lipinski definition) is 0. The molecular weight excluding hydrogens is 160 g/mol. The molecule has 0 aromatic rings. The van der Waals surface area contributed by atoms with E-state index in [-0.39, 0.29) is 0 Å². The Morgan fingerprint density at radius 3 is 2.83 bits per heavy atom. The van der Waals surface area contributed by atoms with Gasteiger partial charge in [0.25, 0.3) is 0 Å². The van der Waals surface area contributed by atoms with Crippen molar-refractivity contribution in [2.24, 2.45) is 0 Å². The highest BCUT2D eigenvalue weighted by molar-refractivity contribution is 4.82. The minimum absolute atomic E-state index is 0.322. The molecule has 0 bridgehead atoms. The summed E-state index contributed by atoms with van der Waals surface area (Å²) in [6.45, 7) is 5.31. The number of hydrogen-bond acceptors (Lipinski definition) is 4. The lowest BCUT2D eigenvalue weighted by molar-refractivity contribution is -0.0907. The highest BCUT2D eigenvalue weighted by atomic mass is 16.8. The molecule has 2 aliphatic heterocycles. The SMILES string of the molecule is CCOC1(COCC2CO2)CO1. The highest BCUT2D eigenvalue weighted by Gasteiger charge is 2.46. The standard InChI is InChI=1S/C8H14O4/c1-2-11-8(6-12-8)5-9-3-7-4-10-7/h7H,2-6H2,1H3. The molecule has 4 heteroatoms. The van der Waals surface area contributed by atoms with E-state index in [0.29, 0.717) is 32.5 Å². The summed E-state index contributed by atoms with van der Waals surface area (Å²) >= 11 is 0. The second-order valence-corrected chi connectivity index (χ2v) is 3.10. The fourth-order valence-electron chi connectivity index (χ4n) is 1.06. The number of rotatable bonds is 6. The van der Waals surface area contributed by atoms with Crippen LogP contribution in [0.4, 0.5) is 0 Å². The summed E-state index contributed by atoms with van der Waals surface area (Å²) in [7, 11) is 0. The van der Waals surface area contributed by atoms with Crippen LogP contribution in [0.5, 0.6) is 0 Å². The fourth-order valence-corrected chi connectivity index (χ4v) is 1.06. The van der Waals surface area contributed by atoms with Gasteiger partial charge in [-0.1, -0.05) is 0 Å². The molecule has 0 radical (unpaired) electrons. The lowest BCUT2D eigenvalue weighted by atomic mass is 10.4. The number of epoxide rings is 2. The van der Waals surface area contributed by atoms with E-state index in [2.05, 4.69) is 0 Å². The second kappa shape index (κ2) is 3.30. The van der Waals surface area contributed by atoms with Gasteiger partial charge in [0.1, 0.15) is 19.3 Å². The van der Waals surface area contributed by atoms with Crippen LogP contribution >= 0.6 is 0 Å². The minimum atomic E-state index is -0.413. The highest BCUT2D eigenvalue weighted by Crippen LogP contribution is 2.28. The third-order valence-corrected chi connectivity index (χ3v) is 1.90. The molecule has 0 spiro atoms. The van der Waals surface area contributed by atoms with Gasteiger partial charge in [-0.25, -0.2) is 0 Å². The van der Waals surface area contributed by atoms with Gasteiger partial charge in [-0.15, -0.1) is 0 Å². The van der Waals surface area contributed by atoms with Gasteiger partial charge >= 0.3 is 0 Å². The molecule has 2 atom stereocenters. The van der Waals surface area contributed by atoms with Gasteiger partial charge in [0.15, 0.2) is 0 Å². The molecule has 0 aliphatic carbocycles.